The number of nitrogens with one attached hydrogen (secondary N) is 1. The van der Waals surface area contributed by atoms with Crippen LogP contribution in [-0.4, -0.2) is 47.9 Å². The van der Waals surface area contributed by atoms with E-state index in [4.69, 9.17) is 9.47 Å². The van der Waals surface area contributed by atoms with Crippen LogP contribution in [0.15, 0.2) is 24.3 Å². The van der Waals surface area contributed by atoms with Crippen LogP contribution in [0.2, 0.25) is 0 Å². The van der Waals surface area contributed by atoms with E-state index in [1.54, 1.807) is 7.11 Å². The molecular weight excluding hydrogens is 318 g/mol. The van der Waals surface area contributed by atoms with E-state index in [1.165, 1.54) is 11.2 Å². The summed E-state index contributed by atoms with van der Waals surface area (Å²) in [5.41, 5.74) is 2.04. The van der Waals surface area contributed by atoms with Crippen LogP contribution in [0.25, 0.3) is 10.9 Å². The largest absolute Gasteiger partial charge is 0.496 e. The number of amides is 1. The summed E-state index contributed by atoms with van der Waals surface area (Å²) >= 11 is 0. The first-order chi connectivity index (χ1) is 11.9. The van der Waals surface area contributed by atoms with Crippen molar-refractivity contribution in [1.82, 2.24) is 14.8 Å². The Morgan fingerprint density at radius 3 is 2.80 bits per heavy atom. The first-order valence-corrected chi connectivity index (χ1v) is 8.72. The molecule has 0 aliphatic carbocycles. The highest BCUT2D eigenvalue weighted by atomic mass is 16.6. The Balaban J connectivity index is 1.59. The van der Waals surface area contributed by atoms with Gasteiger partial charge in [-0.2, -0.15) is 0 Å². The van der Waals surface area contributed by atoms with Crippen LogP contribution < -0.4 is 10.1 Å². The summed E-state index contributed by atoms with van der Waals surface area (Å²) in [5, 5.41) is 3.99. The van der Waals surface area contributed by atoms with E-state index >= 15 is 0 Å². The summed E-state index contributed by atoms with van der Waals surface area (Å²) in [6, 6.07) is 8.38. The van der Waals surface area contributed by atoms with Crippen LogP contribution in [0.4, 0.5) is 4.79 Å². The van der Waals surface area contributed by atoms with Gasteiger partial charge in [0.25, 0.3) is 0 Å². The van der Waals surface area contributed by atoms with E-state index < -0.39 is 5.60 Å². The third kappa shape index (κ3) is 4.07. The van der Waals surface area contributed by atoms with Gasteiger partial charge in [-0.15, -0.1) is 0 Å². The second-order valence-corrected chi connectivity index (χ2v) is 7.39. The van der Waals surface area contributed by atoms with Crippen molar-refractivity contribution in [2.45, 2.75) is 39.5 Å². The lowest BCUT2D eigenvalue weighted by Crippen LogP contribution is -2.40. The summed E-state index contributed by atoms with van der Waals surface area (Å²) in [5.74, 6) is 0.914. The Labute approximate surface area is 148 Å². The van der Waals surface area contributed by atoms with Crippen LogP contribution in [0.3, 0.4) is 0 Å². The molecule has 6 heteroatoms. The van der Waals surface area contributed by atoms with Crippen molar-refractivity contribution >= 4 is 17.0 Å². The van der Waals surface area contributed by atoms with E-state index in [0.29, 0.717) is 6.54 Å². The molecule has 0 radical (unpaired) electrons. The third-order valence-electron chi connectivity index (χ3n) is 4.33. The molecule has 2 heterocycles. The molecule has 1 aromatic heterocycles. The number of hydrogen-bond acceptors (Lipinski definition) is 4. The minimum absolute atomic E-state index is 0.358. The SMILES string of the molecule is COc1cccc2c1cc1n2CCN(CCNC(=O)OC(C)(C)C)C1. The first kappa shape index (κ1) is 17.6. The van der Waals surface area contributed by atoms with E-state index in [9.17, 15) is 4.79 Å². The predicted molar refractivity (Wildman–Crippen MR) is 98.0 cm³/mol. The van der Waals surface area contributed by atoms with Crippen LogP contribution in [-0.2, 0) is 17.8 Å². The fourth-order valence-corrected chi connectivity index (χ4v) is 3.26. The second-order valence-electron chi connectivity index (χ2n) is 7.39. The van der Waals surface area contributed by atoms with Crippen molar-refractivity contribution in [3.63, 3.8) is 0 Å². The van der Waals surface area contributed by atoms with Gasteiger partial charge in [0.2, 0.25) is 0 Å². The molecule has 0 atom stereocenters. The fraction of sp³-hybridized carbons (Fsp3) is 0.526. The van der Waals surface area contributed by atoms with Gasteiger partial charge in [-0.3, -0.25) is 4.90 Å². The number of fused-ring (bicyclic) bond motifs is 3. The maximum atomic E-state index is 11.7. The summed E-state index contributed by atoms with van der Waals surface area (Å²) < 4.78 is 13.1. The second kappa shape index (κ2) is 6.96. The molecular formula is C19H27N3O3. The predicted octanol–water partition coefficient (Wildman–Crippen LogP) is 2.99. The summed E-state index contributed by atoms with van der Waals surface area (Å²) in [7, 11) is 1.71. The number of alkyl carbamates (subject to hydrolysis) is 1. The minimum Gasteiger partial charge on any atom is -0.496 e. The average molecular weight is 345 g/mol. The molecule has 136 valence electrons. The van der Waals surface area contributed by atoms with Crippen LogP contribution >= 0.6 is 0 Å². The number of carbonyl (C=O) groups is 1. The molecule has 25 heavy (non-hydrogen) atoms. The van der Waals surface area contributed by atoms with Gasteiger partial charge < -0.3 is 19.4 Å². The molecule has 0 unspecified atom stereocenters. The van der Waals surface area contributed by atoms with Crippen LogP contribution in [0.5, 0.6) is 5.75 Å². The number of benzene rings is 1. The number of aromatic nitrogens is 1. The van der Waals surface area contributed by atoms with Crippen molar-refractivity contribution in [3.8, 4) is 5.75 Å². The fourth-order valence-electron chi connectivity index (χ4n) is 3.26. The number of methoxy groups -OCH3 is 1. The van der Waals surface area contributed by atoms with Crippen molar-refractivity contribution in [1.29, 1.82) is 0 Å². The van der Waals surface area contributed by atoms with Crippen LogP contribution in [0.1, 0.15) is 26.5 Å². The van der Waals surface area contributed by atoms with Gasteiger partial charge in [0.05, 0.1) is 12.6 Å². The number of nitrogens with zero attached hydrogens (tertiary/aromatic N) is 2. The number of hydrogen-bond donors (Lipinski definition) is 1. The maximum absolute atomic E-state index is 11.7. The van der Waals surface area contributed by atoms with Crippen molar-refractivity contribution in [3.05, 3.63) is 30.0 Å². The van der Waals surface area contributed by atoms with Crippen molar-refractivity contribution in [2.75, 3.05) is 26.7 Å². The van der Waals surface area contributed by atoms with Gasteiger partial charge in [0.1, 0.15) is 11.4 Å². The molecule has 1 N–H and O–H groups in total. The monoisotopic (exact) mass is 345 g/mol. The van der Waals surface area contributed by atoms with E-state index in [-0.39, 0.29) is 6.09 Å². The zero-order valence-electron chi connectivity index (χ0n) is 15.5. The maximum Gasteiger partial charge on any atom is 0.407 e. The molecule has 1 aliphatic heterocycles. The molecule has 0 saturated heterocycles. The Morgan fingerprint density at radius 1 is 1.28 bits per heavy atom. The number of carbonyl (C=O) groups excluding carboxylic acids is 1. The Hall–Kier alpha value is -2.21. The number of rotatable bonds is 4. The van der Waals surface area contributed by atoms with Gasteiger partial charge in [-0.1, -0.05) is 6.07 Å². The van der Waals surface area contributed by atoms with Crippen LogP contribution in [0, 0.1) is 0 Å². The van der Waals surface area contributed by atoms with E-state index in [1.807, 2.05) is 32.9 Å². The lowest BCUT2D eigenvalue weighted by Gasteiger charge is -2.29. The Kier molecular flexibility index (Phi) is 4.90. The van der Waals surface area contributed by atoms with Crippen molar-refractivity contribution < 1.29 is 14.3 Å². The quantitative estimate of drug-likeness (QED) is 0.925. The zero-order chi connectivity index (χ0) is 18.0. The first-order valence-electron chi connectivity index (χ1n) is 8.72. The molecule has 0 fully saturated rings. The lowest BCUT2D eigenvalue weighted by atomic mass is 10.2. The van der Waals surface area contributed by atoms with Gasteiger partial charge in [0.15, 0.2) is 0 Å². The third-order valence-corrected chi connectivity index (χ3v) is 4.33. The molecule has 0 spiro atoms. The highest BCUT2D eigenvalue weighted by Crippen LogP contribution is 2.30. The van der Waals surface area contributed by atoms with Gasteiger partial charge in [-0.05, 0) is 39.0 Å². The van der Waals surface area contributed by atoms with Crippen molar-refractivity contribution in [2.24, 2.45) is 0 Å². The molecule has 0 saturated carbocycles. The standard InChI is InChI=1S/C19H27N3O3/c1-19(2,3)25-18(23)20-8-9-21-10-11-22-14(13-21)12-15-16(22)6-5-7-17(15)24-4/h5-7,12H,8-11,13H2,1-4H3,(H,20,23). The summed E-state index contributed by atoms with van der Waals surface area (Å²) in [6.45, 7) is 9.76. The Morgan fingerprint density at radius 2 is 2.08 bits per heavy atom. The molecule has 6 nitrogen and oxygen atoms in total. The Bertz CT molecular complexity index is 761. The molecule has 1 aliphatic rings. The van der Waals surface area contributed by atoms with Gasteiger partial charge >= 0.3 is 6.09 Å². The summed E-state index contributed by atoms with van der Waals surface area (Å²) in [6.07, 6.45) is -0.358. The zero-order valence-corrected chi connectivity index (χ0v) is 15.5. The minimum atomic E-state index is -0.463. The van der Waals surface area contributed by atoms with Gasteiger partial charge in [0, 0.05) is 43.8 Å². The normalized spacial score (nSPS) is 15.0. The summed E-state index contributed by atoms with van der Waals surface area (Å²) in [4.78, 5) is 14.1. The van der Waals surface area contributed by atoms with Gasteiger partial charge in [-0.25, -0.2) is 4.79 Å². The highest BCUT2D eigenvalue weighted by molar-refractivity contribution is 5.87. The van der Waals surface area contributed by atoms with E-state index in [2.05, 4.69) is 26.9 Å². The molecule has 0 bridgehead atoms. The smallest absolute Gasteiger partial charge is 0.407 e. The average Bonchev–Trinajstić information content (AvgIpc) is 2.90. The van der Waals surface area contributed by atoms with E-state index in [0.717, 1.165) is 37.3 Å². The number of ether oxygens (including phenoxy) is 2. The molecule has 2 aromatic rings. The lowest BCUT2D eigenvalue weighted by molar-refractivity contribution is 0.0520. The molecule has 1 amide bonds. The highest BCUT2D eigenvalue weighted by Gasteiger charge is 2.20. The topological polar surface area (TPSA) is 55.7 Å². The molecule has 3 rings (SSSR count). The molecule has 1 aromatic carbocycles.